The van der Waals surface area contributed by atoms with Crippen LogP contribution in [0, 0.1) is 11.3 Å². The average Bonchev–Trinajstić information content (AvgIpc) is 3.50. The van der Waals surface area contributed by atoms with Crippen molar-refractivity contribution in [2.45, 2.75) is 91.5 Å². The summed E-state index contributed by atoms with van der Waals surface area (Å²) in [6.45, 7) is 12.5. The van der Waals surface area contributed by atoms with Gasteiger partial charge in [0.2, 0.25) is 22.6 Å². The van der Waals surface area contributed by atoms with Crippen LogP contribution in [0.4, 0.5) is 0 Å². The molecule has 1 saturated heterocycles. The van der Waals surface area contributed by atoms with E-state index in [2.05, 4.69) is 32.6 Å². The van der Waals surface area contributed by atoms with E-state index in [9.17, 15) is 18.3 Å². The SMILES string of the molecule is CCCCCS(=O)(=O)N(CCC)CCN1C[C@H](c2cc(OC)c3c(c2)OCO3)[C@@H](C(=O)O)[C@@H]1CC(C)(C)CCC. The molecule has 2 heterocycles. The molecule has 0 radical (unpaired) electrons. The standard InChI is InChI=1S/C30H50N2O7S/c1-7-10-11-16-40(35,36)32(13-9-3)15-14-31-20-23(22-17-25(37-6)28-26(18-22)38-21-39-28)27(29(33)34)24(31)19-30(4,5)12-8-2/h17-18,23-24,27H,7-16,19-21H2,1-6H3,(H,33,34)/t23-,24+,27-/m1/s1. The Morgan fingerprint density at radius 3 is 2.50 bits per heavy atom. The Hall–Kier alpha value is -2.04. The third-order valence-corrected chi connectivity index (χ3v) is 10.3. The van der Waals surface area contributed by atoms with Gasteiger partial charge in [0, 0.05) is 38.1 Å². The molecule has 0 bridgehead atoms. The van der Waals surface area contributed by atoms with Gasteiger partial charge in [0.15, 0.2) is 11.5 Å². The van der Waals surface area contributed by atoms with Gasteiger partial charge in [0.25, 0.3) is 0 Å². The van der Waals surface area contributed by atoms with Crippen molar-refractivity contribution in [3.05, 3.63) is 17.7 Å². The minimum absolute atomic E-state index is 0.0534. The molecule has 40 heavy (non-hydrogen) atoms. The molecule has 0 spiro atoms. The average molecular weight is 583 g/mol. The maximum Gasteiger partial charge on any atom is 0.308 e. The number of benzene rings is 1. The Kier molecular flexibility index (Phi) is 11.6. The Morgan fingerprint density at radius 1 is 1.12 bits per heavy atom. The summed E-state index contributed by atoms with van der Waals surface area (Å²) in [6.07, 6.45) is 5.96. The largest absolute Gasteiger partial charge is 0.493 e. The second kappa shape index (κ2) is 14.2. The number of carboxylic acid groups (broad SMARTS) is 1. The quantitative estimate of drug-likeness (QED) is 0.245. The number of hydrogen-bond donors (Lipinski definition) is 1. The minimum atomic E-state index is -3.38. The number of sulfonamides is 1. The molecular weight excluding hydrogens is 532 g/mol. The molecule has 0 aromatic heterocycles. The van der Waals surface area contributed by atoms with Crippen LogP contribution in [0.25, 0.3) is 0 Å². The number of fused-ring (bicyclic) bond motifs is 1. The van der Waals surface area contributed by atoms with Gasteiger partial charge in [-0.2, -0.15) is 0 Å². The smallest absolute Gasteiger partial charge is 0.308 e. The number of rotatable bonds is 17. The van der Waals surface area contributed by atoms with Crippen molar-refractivity contribution < 1.29 is 32.5 Å². The number of nitrogens with zero attached hydrogens (tertiary/aromatic N) is 2. The van der Waals surface area contributed by atoms with E-state index in [0.29, 0.717) is 56.3 Å². The number of unbranched alkanes of at least 4 members (excludes halogenated alkanes) is 2. The van der Waals surface area contributed by atoms with E-state index >= 15 is 0 Å². The molecule has 0 unspecified atom stereocenters. The summed E-state index contributed by atoms with van der Waals surface area (Å²) in [5.41, 5.74) is 0.786. The molecule has 10 heteroatoms. The van der Waals surface area contributed by atoms with Crippen LogP contribution in [0.3, 0.4) is 0 Å². The Bertz CT molecular complexity index is 1090. The molecule has 228 valence electrons. The van der Waals surface area contributed by atoms with Gasteiger partial charge in [-0.15, -0.1) is 0 Å². The fraction of sp³-hybridized carbons (Fsp3) is 0.767. The number of likely N-dealkylation sites (tertiary alicyclic amines) is 1. The van der Waals surface area contributed by atoms with Crippen molar-refractivity contribution in [1.82, 2.24) is 9.21 Å². The van der Waals surface area contributed by atoms with Gasteiger partial charge in [-0.05, 0) is 48.8 Å². The molecule has 1 fully saturated rings. The minimum Gasteiger partial charge on any atom is -0.493 e. The van der Waals surface area contributed by atoms with E-state index in [1.54, 1.807) is 11.4 Å². The van der Waals surface area contributed by atoms with Crippen LogP contribution in [0.5, 0.6) is 17.2 Å². The molecular formula is C30H50N2O7S. The van der Waals surface area contributed by atoms with Crippen LogP contribution in [-0.2, 0) is 14.8 Å². The number of ether oxygens (including phenoxy) is 3. The number of carboxylic acids is 1. The summed E-state index contributed by atoms with van der Waals surface area (Å²) in [6, 6.07) is 3.52. The normalized spacial score (nSPS) is 21.3. The van der Waals surface area contributed by atoms with Crippen molar-refractivity contribution >= 4 is 16.0 Å². The first kappa shape index (κ1) is 32.5. The van der Waals surface area contributed by atoms with Gasteiger partial charge in [-0.25, -0.2) is 12.7 Å². The predicted octanol–water partition coefficient (Wildman–Crippen LogP) is 5.34. The van der Waals surface area contributed by atoms with Gasteiger partial charge in [0.1, 0.15) is 0 Å². The Labute approximate surface area is 241 Å². The Balaban J connectivity index is 1.93. The van der Waals surface area contributed by atoms with Gasteiger partial charge in [-0.3, -0.25) is 9.69 Å². The summed E-state index contributed by atoms with van der Waals surface area (Å²) >= 11 is 0. The zero-order valence-electron chi connectivity index (χ0n) is 25.3. The van der Waals surface area contributed by atoms with Crippen LogP contribution in [0.1, 0.15) is 91.0 Å². The fourth-order valence-corrected chi connectivity index (χ4v) is 8.06. The third-order valence-electron chi connectivity index (χ3n) is 8.34. The molecule has 1 N–H and O–H groups in total. The zero-order chi connectivity index (χ0) is 29.5. The maximum absolute atomic E-state index is 13.2. The molecule has 0 saturated carbocycles. The first-order valence-electron chi connectivity index (χ1n) is 14.9. The van der Waals surface area contributed by atoms with Crippen molar-refractivity contribution in [3.8, 4) is 17.2 Å². The molecule has 0 amide bonds. The highest BCUT2D eigenvalue weighted by molar-refractivity contribution is 7.89. The second-order valence-corrected chi connectivity index (χ2v) is 14.1. The molecule has 9 nitrogen and oxygen atoms in total. The second-order valence-electron chi connectivity index (χ2n) is 12.0. The monoisotopic (exact) mass is 582 g/mol. The third kappa shape index (κ3) is 7.82. The lowest BCUT2D eigenvalue weighted by Gasteiger charge is -2.35. The lowest BCUT2D eigenvalue weighted by atomic mass is 9.76. The summed E-state index contributed by atoms with van der Waals surface area (Å²) in [4.78, 5) is 15.1. The van der Waals surface area contributed by atoms with E-state index in [0.717, 1.165) is 37.7 Å². The van der Waals surface area contributed by atoms with E-state index in [1.807, 2.05) is 19.1 Å². The topological polar surface area (TPSA) is 106 Å². The lowest BCUT2D eigenvalue weighted by molar-refractivity contribution is -0.143. The van der Waals surface area contributed by atoms with Gasteiger partial charge < -0.3 is 19.3 Å². The highest BCUT2D eigenvalue weighted by atomic mass is 32.2. The van der Waals surface area contributed by atoms with Crippen LogP contribution in [-0.4, -0.2) is 80.6 Å². The molecule has 1 aromatic rings. The molecule has 2 aliphatic heterocycles. The van der Waals surface area contributed by atoms with E-state index in [1.165, 1.54) is 0 Å². The number of carbonyl (C=O) groups is 1. The van der Waals surface area contributed by atoms with Crippen LogP contribution < -0.4 is 14.2 Å². The zero-order valence-corrected chi connectivity index (χ0v) is 26.1. The van der Waals surface area contributed by atoms with E-state index in [4.69, 9.17) is 14.2 Å². The first-order valence-corrected chi connectivity index (χ1v) is 16.5. The fourth-order valence-electron chi connectivity index (χ4n) is 6.41. The first-order chi connectivity index (χ1) is 19.0. The van der Waals surface area contributed by atoms with Gasteiger partial charge in [0.05, 0.1) is 18.8 Å². The summed E-state index contributed by atoms with van der Waals surface area (Å²) in [5.74, 6) is 0.00242. The highest BCUT2D eigenvalue weighted by Gasteiger charge is 2.48. The van der Waals surface area contributed by atoms with Gasteiger partial charge in [-0.1, -0.05) is 53.9 Å². The highest BCUT2D eigenvalue weighted by Crippen LogP contribution is 2.48. The van der Waals surface area contributed by atoms with Crippen molar-refractivity contribution in [2.75, 3.05) is 45.8 Å². The maximum atomic E-state index is 13.2. The van der Waals surface area contributed by atoms with Crippen LogP contribution >= 0.6 is 0 Å². The molecule has 1 aromatic carbocycles. The Morgan fingerprint density at radius 2 is 1.88 bits per heavy atom. The van der Waals surface area contributed by atoms with Crippen molar-refractivity contribution in [3.63, 3.8) is 0 Å². The lowest BCUT2D eigenvalue weighted by Crippen LogP contribution is -2.44. The summed E-state index contributed by atoms with van der Waals surface area (Å²) in [7, 11) is -1.81. The van der Waals surface area contributed by atoms with Gasteiger partial charge >= 0.3 is 5.97 Å². The molecule has 3 rings (SSSR count). The summed E-state index contributed by atoms with van der Waals surface area (Å²) < 4.78 is 44.8. The van der Waals surface area contributed by atoms with Crippen molar-refractivity contribution in [1.29, 1.82) is 0 Å². The van der Waals surface area contributed by atoms with E-state index in [-0.39, 0.29) is 29.9 Å². The van der Waals surface area contributed by atoms with E-state index < -0.39 is 21.9 Å². The van der Waals surface area contributed by atoms with Crippen LogP contribution in [0.2, 0.25) is 0 Å². The number of methoxy groups -OCH3 is 1. The number of hydrogen-bond acceptors (Lipinski definition) is 7. The molecule has 2 aliphatic rings. The van der Waals surface area contributed by atoms with Crippen molar-refractivity contribution in [2.24, 2.45) is 11.3 Å². The number of aliphatic carboxylic acids is 1. The summed E-state index contributed by atoms with van der Waals surface area (Å²) in [5, 5.41) is 10.6. The molecule has 3 atom stereocenters. The molecule has 0 aliphatic carbocycles. The van der Waals surface area contributed by atoms with Crippen LogP contribution in [0.15, 0.2) is 12.1 Å². The predicted molar refractivity (Wildman–Crippen MR) is 157 cm³/mol.